The number of imidazole rings is 1. The SMILES string of the molecule is COc1cc(C(=O)N2CCC(n3c(=O)[nH]c4cc(Cl)ccc43)CC2)ccc1C. The molecule has 1 aliphatic heterocycles. The van der Waals surface area contributed by atoms with Crippen LogP contribution in [-0.4, -0.2) is 40.6 Å². The van der Waals surface area contributed by atoms with Crippen LogP contribution in [0.3, 0.4) is 0 Å². The average Bonchev–Trinajstić information content (AvgIpc) is 3.02. The van der Waals surface area contributed by atoms with Crippen LogP contribution in [0.4, 0.5) is 0 Å². The third-order valence-corrected chi connectivity index (χ3v) is 5.69. The average molecular weight is 400 g/mol. The fraction of sp³-hybridized carbons (Fsp3) is 0.333. The van der Waals surface area contributed by atoms with E-state index in [1.54, 1.807) is 29.9 Å². The van der Waals surface area contributed by atoms with Gasteiger partial charge in [-0.2, -0.15) is 0 Å². The van der Waals surface area contributed by atoms with Crippen molar-refractivity contribution < 1.29 is 9.53 Å². The minimum atomic E-state index is -0.134. The van der Waals surface area contributed by atoms with Crippen molar-refractivity contribution >= 4 is 28.5 Å². The number of aryl methyl sites for hydroxylation is 1. The molecule has 1 fully saturated rings. The van der Waals surface area contributed by atoms with Crippen LogP contribution in [0, 0.1) is 6.92 Å². The summed E-state index contributed by atoms with van der Waals surface area (Å²) in [6.45, 7) is 3.16. The highest BCUT2D eigenvalue weighted by Crippen LogP contribution is 2.27. The molecule has 1 saturated heterocycles. The Bertz CT molecular complexity index is 1090. The number of fused-ring (bicyclic) bond motifs is 1. The normalized spacial score (nSPS) is 15.2. The molecule has 1 aliphatic rings. The van der Waals surface area contributed by atoms with Crippen LogP contribution in [0.2, 0.25) is 5.02 Å². The lowest BCUT2D eigenvalue weighted by Gasteiger charge is -2.32. The van der Waals surface area contributed by atoms with Gasteiger partial charge in [-0.25, -0.2) is 4.79 Å². The van der Waals surface area contributed by atoms with Gasteiger partial charge >= 0.3 is 5.69 Å². The summed E-state index contributed by atoms with van der Waals surface area (Å²) in [4.78, 5) is 30.0. The van der Waals surface area contributed by atoms with Gasteiger partial charge in [0, 0.05) is 29.7 Å². The topological polar surface area (TPSA) is 67.3 Å². The van der Waals surface area contributed by atoms with Gasteiger partial charge in [0.2, 0.25) is 0 Å². The van der Waals surface area contributed by atoms with Crippen LogP contribution < -0.4 is 10.4 Å². The van der Waals surface area contributed by atoms with E-state index < -0.39 is 0 Å². The number of ether oxygens (including phenoxy) is 1. The van der Waals surface area contributed by atoms with Crippen LogP contribution in [0.25, 0.3) is 11.0 Å². The fourth-order valence-corrected chi connectivity index (χ4v) is 4.10. The molecule has 1 N–H and O–H groups in total. The minimum Gasteiger partial charge on any atom is -0.496 e. The lowest BCUT2D eigenvalue weighted by Crippen LogP contribution is -2.40. The Morgan fingerprint density at radius 3 is 2.64 bits per heavy atom. The number of hydrogen-bond acceptors (Lipinski definition) is 3. The molecule has 146 valence electrons. The van der Waals surface area contributed by atoms with Crippen LogP contribution in [0.5, 0.6) is 5.75 Å². The zero-order valence-corrected chi connectivity index (χ0v) is 16.6. The Balaban J connectivity index is 1.52. The first kappa shape index (κ1) is 18.6. The first-order valence-electron chi connectivity index (χ1n) is 9.31. The molecule has 1 aromatic heterocycles. The van der Waals surface area contributed by atoms with Crippen molar-refractivity contribution in [2.45, 2.75) is 25.8 Å². The number of hydrogen-bond donors (Lipinski definition) is 1. The van der Waals surface area contributed by atoms with E-state index in [0.717, 1.165) is 29.4 Å². The Morgan fingerprint density at radius 2 is 1.93 bits per heavy atom. The van der Waals surface area contributed by atoms with E-state index in [9.17, 15) is 9.59 Å². The lowest BCUT2D eigenvalue weighted by atomic mass is 10.0. The summed E-state index contributed by atoms with van der Waals surface area (Å²) < 4.78 is 7.12. The molecule has 0 bridgehead atoms. The van der Waals surface area contributed by atoms with Gasteiger partial charge in [0.05, 0.1) is 18.1 Å². The number of carbonyl (C=O) groups excluding carboxylic acids is 1. The van der Waals surface area contributed by atoms with E-state index in [4.69, 9.17) is 16.3 Å². The third-order valence-electron chi connectivity index (χ3n) is 5.45. The first-order chi connectivity index (χ1) is 13.5. The van der Waals surface area contributed by atoms with E-state index in [1.807, 2.05) is 30.0 Å². The molecule has 0 aliphatic carbocycles. The number of benzene rings is 2. The third kappa shape index (κ3) is 3.29. The van der Waals surface area contributed by atoms with Crippen molar-refractivity contribution in [1.82, 2.24) is 14.5 Å². The summed E-state index contributed by atoms with van der Waals surface area (Å²) in [7, 11) is 1.61. The second-order valence-corrected chi connectivity index (χ2v) is 7.61. The number of amides is 1. The van der Waals surface area contributed by atoms with Gasteiger partial charge in [0.15, 0.2) is 0 Å². The van der Waals surface area contributed by atoms with Crippen molar-refractivity contribution in [2.24, 2.45) is 0 Å². The zero-order chi connectivity index (χ0) is 19.8. The number of halogens is 1. The van der Waals surface area contributed by atoms with Gasteiger partial charge in [-0.3, -0.25) is 9.36 Å². The molecule has 0 saturated carbocycles. The molecule has 0 unspecified atom stereocenters. The van der Waals surface area contributed by atoms with Gasteiger partial charge < -0.3 is 14.6 Å². The van der Waals surface area contributed by atoms with Crippen molar-refractivity contribution in [2.75, 3.05) is 20.2 Å². The smallest absolute Gasteiger partial charge is 0.326 e. The summed E-state index contributed by atoms with van der Waals surface area (Å²) >= 11 is 6.03. The predicted molar refractivity (Wildman–Crippen MR) is 109 cm³/mol. The van der Waals surface area contributed by atoms with Crippen LogP contribution >= 0.6 is 11.6 Å². The number of aromatic nitrogens is 2. The summed E-state index contributed by atoms with van der Waals surface area (Å²) in [5.74, 6) is 0.708. The number of methoxy groups -OCH3 is 1. The van der Waals surface area contributed by atoms with Crippen LogP contribution in [-0.2, 0) is 0 Å². The maximum Gasteiger partial charge on any atom is 0.326 e. The number of aromatic amines is 1. The second kappa shape index (κ2) is 7.36. The molecule has 0 spiro atoms. The summed E-state index contributed by atoms with van der Waals surface area (Å²) in [6.07, 6.45) is 1.45. The van der Waals surface area contributed by atoms with Gasteiger partial charge in [0.25, 0.3) is 5.91 Å². The Labute approximate surface area is 167 Å². The van der Waals surface area contributed by atoms with Gasteiger partial charge in [-0.05, 0) is 55.7 Å². The highest BCUT2D eigenvalue weighted by atomic mass is 35.5. The largest absolute Gasteiger partial charge is 0.496 e. The monoisotopic (exact) mass is 399 g/mol. The van der Waals surface area contributed by atoms with Gasteiger partial charge in [-0.15, -0.1) is 0 Å². The second-order valence-electron chi connectivity index (χ2n) is 7.17. The molecule has 2 aromatic carbocycles. The molecule has 3 aromatic rings. The van der Waals surface area contributed by atoms with Crippen LogP contribution in [0.15, 0.2) is 41.2 Å². The molecule has 28 heavy (non-hydrogen) atoms. The lowest BCUT2D eigenvalue weighted by molar-refractivity contribution is 0.0694. The molecular weight excluding hydrogens is 378 g/mol. The van der Waals surface area contributed by atoms with E-state index in [1.165, 1.54) is 0 Å². The molecule has 4 rings (SSSR count). The molecule has 7 heteroatoms. The highest BCUT2D eigenvalue weighted by Gasteiger charge is 2.27. The Hall–Kier alpha value is -2.73. The molecular formula is C21H22ClN3O3. The summed E-state index contributed by atoms with van der Waals surface area (Å²) in [5, 5.41) is 0.592. The number of likely N-dealkylation sites (tertiary alicyclic amines) is 1. The first-order valence-corrected chi connectivity index (χ1v) is 9.69. The number of nitrogens with one attached hydrogen (secondary N) is 1. The maximum atomic E-state index is 12.9. The fourth-order valence-electron chi connectivity index (χ4n) is 3.93. The summed E-state index contributed by atoms with van der Waals surface area (Å²) in [5.41, 5.74) is 3.08. The van der Waals surface area contributed by atoms with E-state index in [-0.39, 0.29) is 17.6 Å². The number of nitrogens with zero attached hydrogens (tertiary/aromatic N) is 2. The molecule has 2 heterocycles. The van der Waals surface area contributed by atoms with Crippen molar-refractivity contribution in [1.29, 1.82) is 0 Å². The standard InChI is InChI=1S/C21H22ClN3O3/c1-13-3-4-14(11-19(13)28-2)20(26)24-9-7-16(8-10-24)25-18-6-5-15(22)12-17(18)23-21(25)27/h3-6,11-12,16H,7-10H2,1-2H3,(H,23,27). The van der Waals surface area contributed by atoms with E-state index in [2.05, 4.69) is 4.98 Å². The molecule has 0 atom stereocenters. The van der Waals surface area contributed by atoms with Crippen molar-refractivity contribution in [3.8, 4) is 5.75 Å². The number of rotatable bonds is 3. The molecule has 0 radical (unpaired) electrons. The minimum absolute atomic E-state index is 0.00481. The van der Waals surface area contributed by atoms with Crippen molar-refractivity contribution in [3.63, 3.8) is 0 Å². The van der Waals surface area contributed by atoms with E-state index in [0.29, 0.717) is 29.4 Å². The Morgan fingerprint density at radius 1 is 1.18 bits per heavy atom. The number of carbonyl (C=O) groups is 1. The maximum absolute atomic E-state index is 12.9. The van der Waals surface area contributed by atoms with Gasteiger partial charge in [-0.1, -0.05) is 17.7 Å². The number of piperidine rings is 1. The molecule has 1 amide bonds. The van der Waals surface area contributed by atoms with Crippen LogP contribution in [0.1, 0.15) is 34.8 Å². The zero-order valence-electron chi connectivity index (χ0n) is 15.9. The van der Waals surface area contributed by atoms with Crippen molar-refractivity contribution in [3.05, 3.63) is 63.0 Å². The predicted octanol–water partition coefficient (Wildman–Crippen LogP) is 3.78. The highest BCUT2D eigenvalue weighted by molar-refractivity contribution is 6.31. The van der Waals surface area contributed by atoms with Gasteiger partial charge in [0.1, 0.15) is 5.75 Å². The summed E-state index contributed by atoms with van der Waals surface area (Å²) in [6, 6.07) is 11.0. The quantitative estimate of drug-likeness (QED) is 0.728. The molecule has 6 nitrogen and oxygen atoms in total. The Kier molecular flexibility index (Phi) is 4.89. The number of H-pyrrole nitrogens is 1. The van der Waals surface area contributed by atoms with E-state index >= 15 is 0 Å².